The standard InChI is InChI=1S/C11H23N3O2S/c1-3-14(6-4-8-15)9-11(16)13(2)7-5-10(12)17/h15H,3-9H2,1-2H3,(H2,12,17). The van der Waals surface area contributed by atoms with Gasteiger partial charge in [0.2, 0.25) is 5.91 Å². The van der Waals surface area contributed by atoms with E-state index in [1.807, 2.05) is 11.8 Å². The summed E-state index contributed by atoms with van der Waals surface area (Å²) in [7, 11) is 1.75. The molecular formula is C11H23N3O2S. The van der Waals surface area contributed by atoms with E-state index in [9.17, 15) is 4.79 Å². The molecule has 3 N–H and O–H groups in total. The van der Waals surface area contributed by atoms with E-state index in [-0.39, 0.29) is 12.5 Å². The molecule has 0 saturated carbocycles. The Bertz CT molecular complexity index is 249. The molecule has 0 unspecified atom stereocenters. The minimum Gasteiger partial charge on any atom is -0.396 e. The Hall–Kier alpha value is -0.720. The summed E-state index contributed by atoms with van der Waals surface area (Å²) in [5, 5.41) is 8.75. The van der Waals surface area contributed by atoms with Crippen molar-refractivity contribution in [1.29, 1.82) is 0 Å². The van der Waals surface area contributed by atoms with E-state index in [0.717, 1.165) is 13.1 Å². The largest absolute Gasteiger partial charge is 0.396 e. The molecular weight excluding hydrogens is 238 g/mol. The van der Waals surface area contributed by atoms with Gasteiger partial charge in [-0.2, -0.15) is 0 Å². The third-order valence-corrected chi connectivity index (χ3v) is 2.76. The highest BCUT2D eigenvalue weighted by Gasteiger charge is 2.12. The SMILES string of the molecule is CCN(CCCO)CC(=O)N(C)CCC(N)=S. The first-order chi connectivity index (χ1) is 8.01. The molecule has 5 nitrogen and oxygen atoms in total. The number of aliphatic hydroxyl groups is 1. The molecule has 1 amide bonds. The zero-order valence-corrected chi connectivity index (χ0v) is 11.5. The maximum Gasteiger partial charge on any atom is 0.236 e. The van der Waals surface area contributed by atoms with E-state index in [0.29, 0.717) is 30.9 Å². The molecule has 0 saturated heterocycles. The lowest BCUT2D eigenvalue weighted by atomic mass is 10.3. The molecule has 0 spiro atoms. The van der Waals surface area contributed by atoms with Gasteiger partial charge in [0, 0.05) is 33.2 Å². The number of aliphatic hydroxyl groups excluding tert-OH is 1. The predicted molar refractivity (Wildman–Crippen MR) is 72.9 cm³/mol. The Kier molecular flexibility index (Phi) is 8.93. The second-order valence-corrected chi connectivity index (χ2v) is 4.50. The van der Waals surface area contributed by atoms with Crippen molar-refractivity contribution in [2.24, 2.45) is 5.73 Å². The van der Waals surface area contributed by atoms with Crippen LogP contribution in [-0.4, -0.2) is 65.6 Å². The van der Waals surface area contributed by atoms with Gasteiger partial charge in [0.25, 0.3) is 0 Å². The maximum atomic E-state index is 11.8. The molecule has 6 heteroatoms. The van der Waals surface area contributed by atoms with Crippen LogP contribution in [0.1, 0.15) is 19.8 Å². The van der Waals surface area contributed by atoms with Crippen molar-refractivity contribution in [3.8, 4) is 0 Å². The smallest absolute Gasteiger partial charge is 0.236 e. The van der Waals surface area contributed by atoms with Crippen LogP contribution < -0.4 is 5.73 Å². The van der Waals surface area contributed by atoms with Gasteiger partial charge < -0.3 is 15.7 Å². The highest BCUT2D eigenvalue weighted by Crippen LogP contribution is 1.95. The van der Waals surface area contributed by atoms with Gasteiger partial charge >= 0.3 is 0 Å². The number of carbonyl (C=O) groups is 1. The van der Waals surface area contributed by atoms with Crippen LogP contribution in [0.15, 0.2) is 0 Å². The van der Waals surface area contributed by atoms with Gasteiger partial charge in [0.15, 0.2) is 0 Å². The summed E-state index contributed by atoms with van der Waals surface area (Å²) in [5.74, 6) is 0.0565. The molecule has 0 radical (unpaired) electrons. The van der Waals surface area contributed by atoms with Gasteiger partial charge in [-0.15, -0.1) is 0 Å². The lowest BCUT2D eigenvalue weighted by Crippen LogP contribution is -2.40. The van der Waals surface area contributed by atoms with Crippen LogP contribution in [0, 0.1) is 0 Å². The normalized spacial score (nSPS) is 10.6. The van der Waals surface area contributed by atoms with Crippen molar-refractivity contribution in [2.45, 2.75) is 19.8 Å². The van der Waals surface area contributed by atoms with Crippen LogP contribution in [-0.2, 0) is 4.79 Å². The number of nitrogens with two attached hydrogens (primary N) is 1. The van der Waals surface area contributed by atoms with Gasteiger partial charge in [-0.25, -0.2) is 0 Å². The summed E-state index contributed by atoms with van der Waals surface area (Å²) in [6.45, 7) is 4.63. The van der Waals surface area contributed by atoms with Gasteiger partial charge in [-0.05, 0) is 13.0 Å². The number of hydrogen-bond donors (Lipinski definition) is 2. The van der Waals surface area contributed by atoms with E-state index in [4.69, 9.17) is 23.1 Å². The molecule has 0 aromatic heterocycles. The molecule has 100 valence electrons. The van der Waals surface area contributed by atoms with E-state index >= 15 is 0 Å². The molecule has 0 heterocycles. The van der Waals surface area contributed by atoms with Crippen molar-refractivity contribution in [3.63, 3.8) is 0 Å². The molecule has 0 aliphatic rings. The fourth-order valence-corrected chi connectivity index (χ4v) is 1.45. The summed E-state index contributed by atoms with van der Waals surface area (Å²) in [4.78, 5) is 15.9. The number of rotatable bonds is 9. The molecule has 0 aliphatic carbocycles. The van der Waals surface area contributed by atoms with Crippen LogP contribution in [0.5, 0.6) is 0 Å². The van der Waals surface area contributed by atoms with Crippen LogP contribution >= 0.6 is 12.2 Å². The van der Waals surface area contributed by atoms with E-state index in [1.165, 1.54) is 0 Å². The van der Waals surface area contributed by atoms with Crippen molar-refractivity contribution in [3.05, 3.63) is 0 Å². The van der Waals surface area contributed by atoms with Crippen LogP contribution in [0.4, 0.5) is 0 Å². The van der Waals surface area contributed by atoms with Crippen molar-refractivity contribution < 1.29 is 9.90 Å². The summed E-state index contributed by atoms with van der Waals surface area (Å²) in [6.07, 6.45) is 1.25. The quantitative estimate of drug-likeness (QED) is 0.564. The number of thiocarbonyl (C=S) groups is 1. The molecule has 0 rings (SSSR count). The second-order valence-electron chi connectivity index (χ2n) is 3.98. The maximum absolute atomic E-state index is 11.8. The summed E-state index contributed by atoms with van der Waals surface area (Å²) < 4.78 is 0. The summed E-state index contributed by atoms with van der Waals surface area (Å²) in [5.41, 5.74) is 5.39. The van der Waals surface area contributed by atoms with Crippen LogP contribution in [0.2, 0.25) is 0 Å². The molecule has 17 heavy (non-hydrogen) atoms. The van der Waals surface area contributed by atoms with Gasteiger partial charge in [-0.1, -0.05) is 19.1 Å². The number of likely N-dealkylation sites (N-methyl/N-ethyl adjacent to an activating group) is 2. The predicted octanol–water partition coefficient (Wildman–Crippen LogP) is -0.175. The van der Waals surface area contributed by atoms with Gasteiger partial charge in [-0.3, -0.25) is 9.69 Å². The first-order valence-electron chi connectivity index (χ1n) is 5.86. The lowest BCUT2D eigenvalue weighted by Gasteiger charge is -2.23. The van der Waals surface area contributed by atoms with Crippen molar-refractivity contribution >= 4 is 23.1 Å². The number of hydrogen-bond acceptors (Lipinski definition) is 4. The van der Waals surface area contributed by atoms with Gasteiger partial charge in [0.05, 0.1) is 11.5 Å². The summed E-state index contributed by atoms with van der Waals surface area (Å²) in [6, 6.07) is 0. The zero-order valence-electron chi connectivity index (χ0n) is 10.7. The Balaban J connectivity index is 3.98. The molecule has 0 atom stereocenters. The number of nitrogens with zero attached hydrogens (tertiary/aromatic N) is 2. The summed E-state index contributed by atoms with van der Waals surface area (Å²) >= 11 is 4.77. The highest BCUT2D eigenvalue weighted by atomic mass is 32.1. The molecule has 0 aromatic rings. The number of carbonyl (C=O) groups excluding carboxylic acids is 1. The monoisotopic (exact) mass is 261 g/mol. The fraction of sp³-hybridized carbons (Fsp3) is 0.818. The van der Waals surface area contributed by atoms with E-state index < -0.39 is 0 Å². The number of amides is 1. The average molecular weight is 261 g/mol. The first-order valence-corrected chi connectivity index (χ1v) is 6.27. The third-order valence-electron chi connectivity index (χ3n) is 2.56. The Morgan fingerprint density at radius 3 is 2.53 bits per heavy atom. The Morgan fingerprint density at radius 1 is 1.41 bits per heavy atom. The van der Waals surface area contributed by atoms with E-state index in [2.05, 4.69) is 0 Å². The topological polar surface area (TPSA) is 69.8 Å². The van der Waals surface area contributed by atoms with Crippen molar-refractivity contribution in [2.75, 3.05) is 39.8 Å². The molecule has 0 aromatic carbocycles. The average Bonchev–Trinajstić information content (AvgIpc) is 2.30. The van der Waals surface area contributed by atoms with Crippen molar-refractivity contribution in [1.82, 2.24) is 9.80 Å². The first kappa shape index (κ1) is 16.3. The Morgan fingerprint density at radius 2 is 2.06 bits per heavy atom. The van der Waals surface area contributed by atoms with Crippen LogP contribution in [0.25, 0.3) is 0 Å². The lowest BCUT2D eigenvalue weighted by molar-refractivity contribution is -0.131. The molecule has 0 bridgehead atoms. The third kappa shape index (κ3) is 8.06. The molecule has 0 fully saturated rings. The highest BCUT2D eigenvalue weighted by molar-refractivity contribution is 7.80. The Labute approximate surface area is 109 Å². The van der Waals surface area contributed by atoms with Crippen LogP contribution in [0.3, 0.4) is 0 Å². The van der Waals surface area contributed by atoms with E-state index in [1.54, 1.807) is 11.9 Å². The minimum atomic E-state index is 0.0565. The minimum absolute atomic E-state index is 0.0565. The fourth-order valence-electron chi connectivity index (χ4n) is 1.36. The molecule has 0 aliphatic heterocycles. The van der Waals surface area contributed by atoms with Gasteiger partial charge in [0.1, 0.15) is 0 Å². The zero-order chi connectivity index (χ0) is 13.3. The second kappa shape index (κ2) is 9.32.